The summed E-state index contributed by atoms with van der Waals surface area (Å²) in [4.78, 5) is 33.4. The van der Waals surface area contributed by atoms with Crippen molar-refractivity contribution in [2.24, 2.45) is 0 Å². The first-order valence-corrected chi connectivity index (χ1v) is 14.4. The smallest absolute Gasteiger partial charge is 0.262 e. The fourth-order valence-corrected chi connectivity index (χ4v) is 6.17. The maximum atomic E-state index is 13.5. The fourth-order valence-electron chi connectivity index (χ4n) is 6.17. The Morgan fingerprint density at radius 1 is 1.00 bits per heavy atom. The minimum absolute atomic E-state index is 0.154. The first kappa shape index (κ1) is 26.5. The van der Waals surface area contributed by atoms with E-state index in [0.717, 1.165) is 52.3 Å². The largest absolute Gasteiger partial charge is 0.509 e. The number of fused-ring (bicyclic) bond motifs is 3. The van der Waals surface area contributed by atoms with E-state index in [1.54, 1.807) is 29.2 Å². The summed E-state index contributed by atoms with van der Waals surface area (Å²) in [6.45, 7) is 3.01. The number of amides is 1. The molecule has 3 aromatic carbocycles. The molecule has 2 N–H and O–H groups in total. The quantitative estimate of drug-likeness (QED) is 0.201. The number of hydrogen-bond donors (Lipinski definition) is 2. The van der Waals surface area contributed by atoms with E-state index in [9.17, 15) is 14.7 Å². The van der Waals surface area contributed by atoms with Crippen molar-refractivity contribution >= 4 is 11.7 Å². The normalized spacial score (nSPS) is 16.0. The van der Waals surface area contributed by atoms with Gasteiger partial charge in [0.05, 0.1) is 11.4 Å². The summed E-state index contributed by atoms with van der Waals surface area (Å²) in [7, 11) is 0. The molecule has 1 atom stereocenters. The second-order valence-electron chi connectivity index (χ2n) is 10.8. The summed E-state index contributed by atoms with van der Waals surface area (Å²) in [6.07, 6.45) is 2.22. The summed E-state index contributed by atoms with van der Waals surface area (Å²) in [5.74, 6) is 0.415. The van der Waals surface area contributed by atoms with Gasteiger partial charge in [0.1, 0.15) is 23.2 Å². The number of rotatable bonds is 8. The molecule has 2 aromatic heterocycles. The lowest BCUT2D eigenvalue weighted by molar-refractivity contribution is -0.127. The van der Waals surface area contributed by atoms with Crippen molar-refractivity contribution < 1.29 is 14.7 Å². The molecule has 0 aliphatic carbocycles. The number of tetrazole rings is 1. The third-order valence-corrected chi connectivity index (χ3v) is 8.18. The first-order chi connectivity index (χ1) is 21.0. The number of benzene rings is 3. The number of carbonyl (C=O) groups excluding carboxylic acids is 2. The Bertz CT molecular complexity index is 1860. The standard InChI is InChI=1S/C33H29N7O3/c1-2-8-26-34-25-17-18-39-29(31(42)27(33(39)43)30(41)22-9-4-3-5-10-22)28(25)40(26)19-20-13-15-21(16-14-20)23-11-6-7-12-24(23)32-35-37-38-36-32/h3-7,9-16,29,42H,2,8,17-19H2,1H3,(H,35,36,37,38). The second kappa shape index (κ2) is 10.8. The van der Waals surface area contributed by atoms with Gasteiger partial charge in [-0.15, -0.1) is 5.10 Å². The number of nitrogens with zero attached hydrogens (tertiary/aromatic N) is 6. The van der Waals surface area contributed by atoms with Gasteiger partial charge >= 0.3 is 0 Å². The van der Waals surface area contributed by atoms with E-state index in [1.807, 2.05) is 30.3 Å². The van der Waals surface area contributed by atoms with E-state index in [-0.39, 0.29) is 11.3 Å². The fraction of sp³-hybridized carbons (Fsp3) is 0.212. The highest BCUT2D eigenvalue weighted by Gasteiger charge is 2.48. The summed E-state index contributed by atoms with van der Waals surface area (Å²) in [6, 6.07) is 24.1. The van der Waals surface area contributed by atoms with E-state index in [4.69, 9.17) is 4.98 Å². The second-order valence-corrected chi connectivity index (χ2v) is 10.8. The summed E-state index contributed by atoms with van der Waals surface area (Å²) >= 11 is 0. The molecule has 0 radical (unpaired) electrons. The minimum Gasteiger partial charge on any atom is -0.509 e. The van der Waals surface area contributed by atoms with Gasteiger partial charge in [0.25, 0.3) is 5.91 Å². The zero-order valence-electron chi connectivity index (χ0n) is 23.6. The Labute approximate surface area is 247 Å². The SMILES string of the molecule is CCCc1nc2c(n1Cc1ccc(-c3ccccc3-c3nnn[nH]3)cc1)C1C(O)=C(C(=O)c3ccccc3)C(=O)N1CC2. The maximum Gasteiger partial charge on any atom is 0.262 e. The number of imidazole rings is 1. The summed E-state index contributed by atoms with van der Waals surface area (Å²) in [5, 5.41) is 25.8. The number of hydrogen-bond acceptors (Lipinski definition) is 7. The molecule has 1 unspecified atom stereocenters. The van der Waals surface area contributed by atoms with Crippen LogP contribution in [0.3, 0.4) is 0 Å². The van der Waals surface area contributed by atoms with Crippen molar-refractivity contribution in [1.29, 1.82) is 0 Å². The molecular weight excluding hydrogens is 542 g/mol. The van der Waals surface area contributed by atoms with Crippen molar-refractivity contribution in [3.8, 4) is 22.5 Å². The Hall–Kier alpha value is -5.38. The molecule has 1 amide bonds. The zero-order chi connectivity index (χ0) is 29.5. The molecule has 214 valence electrons. The molecule has 7 rings (SSSR count). The van der Waals surface area contributed by atoms with Crippen LogP contribution in [0.25, 0.3) is 22.5 Å². The van der Waals surface area contributed by atoms with E-state index in [2.05, 4.69) is 56.4 Å². The van der Waals surface area contributed by atoms with Gasteiger partial charge in [0.15, 0.2) is 5.82 Å². The van der Waals surface area contributed by atoms with Crippen LogP contribution >= 0.6 is 0 Å². The Morgan fingerprint density at radius 2 is 1.74 bits per heavy atom. The molecule has 0 saturated heterocycles. The highest BCUT2D eigenvalue weighted by Crippen LogP contribution is 2.42. The lowest BCUT2D eigenvalue weighted by atomic mass is 9.98. The van der Waals surface area contributed by atoms with Gasteiger partial charge in [0.2, 0.25) is 5.78 Å². The number of aromatic amines is 1. The first-order valence-electron chi connectivity index (χ1n) is 14.4. The molecule has 0 saturated carbocycles. The maximum absolute atomic E-state index is 13.5. The van der Waals surface area contributed by atoms with Gasteiger partial charge in [0, 0.05) is 37.1 Å². The number of aryl methyl sites for hydroxylation is 1. The van der Waals surface area contributed by atoms with Crippen LogP contribution in [0.4, 0.5) is 0 Å². The molecule has 0 bridgehead atoms. The van der Waals surface area contributed by atoms with E-state index >= 15 is 0 Å². The number of aromatic nitrogens is 6. The number of H-pyrrole nitrogens is 1. The number of Topliss-reactive ketones (excluding diaryl/α,β-unsaturated/α-hetero) is 1. The number of carbonyl (C=O) groups is 2. The lowest BCUT2D eigenvalue weighted by Gasteiger charge is -2.31. The monoisotopic (exact) mass is 571 g/mol. The number of nitrogens with one attached hydrogen (secondary N) is 1. The summed E-state index contributed by atoms with van der Waals surface area (Å²) in [5.41, 5.74) is 5.85. The van der Waals surface area contributed by atoms with Crippen LogP contribution in [0.2, 0.25) is 0 Å². The third-order valence-electron chi connectivity index (χ3n) is 8.18. The number of aliphatic hydroxyl groups excluding tert-OH is 1. The van der Waals surface area contributed by atoms with Gasteiger partial charge < -0.3 is 14.6 Å². The topological polar surface area (TPSA) is 130 Å². The Morgan fingerprint density at radius 3 is 2.47 bits per heavy atom. The van der Waals surface area contributed by atoms with Crippen LogP contribution in [-0.4, -0.2) is 58.4 Å². The molecule has 43 heavy (non-hydrogen) atoms. The number of aliphatic hydroxyl groups is 1. The van der Waals surface area contributed by atoms with Gasteiger partial charge in [-0.25, -0.2) is 10.1 Å². The summed E-state index contributed by atoms with van der Waals surface area (Å²) < 4.78 is 2.12. The molecule has 10 nitrogen and oxygen atoms in total. The Kier molecular flexibility index (Phi) is 6.65. The molecule has 4 heterocycles. The minimum atomic E-state index is -0.737. The van der Waals surface area contributed by atoms with E-state index in [0.29, 0.717) is 30.9 Å². The predicted molar refractivity (Wildman–Crippen MR) is 159 cm³/mol. The van der Waals surface area contributed by atoms with E-state index in [1.165, 1.54) is 0 Å². The van der Waals surface area contributed by atoms with Gasteiger partial charge in [-0.2, -0.15) is 0 Å². The average molecular weight is 572 g/mol. The van der Waals surface area contributed by atoms with Crippen LogP contribution in [-0.2, 0) is 24.2 Å². The van der Waals surface area contributed by atoms with Crippen LogP contribution in [0.15, 0.2) is 90.2 Å². The van der Waals surface area contributed by atoms with Crippen molar-refractivity contribution in [2.75, 3.05) is 6.54 Å². The zero-order valence-corrected chi connectivity index (χ0v) is 23.6. The lowest BCUT2D eigenvalue weighted by Crippen LogP contribution is -2.38. The van der Waals surface area contributed by atoms with E-state index < -0.39 is 17.7 Å². The molecule has 0 fully saturated rings. The highest BCUT2D eigenvalue weighted by atomic mass is 16.3. The van der Waals surface area contributed by atoms with Gasteiger partial charge in [-0.05, 0) is 33.5 Å². The molecular formula is C33H29N7O3. The van der Waals surface area contributed by atoms with Crippen molar-refractivity contribution in [3.05, 3.63) is 119 Å². The third kappa shape index (κ3) is 4.51. The van der Waals surface area contributed by atoms with Crippen LogP contribution in [0.5, 0.6) is 0 Å². The van der Waals surface area contributed by atoms with Crippen LogP contribution < -0.4 is 0 Å². The Balaban J connectivity index is 1.25. The van der Waals surface area contributed by atoms with Gasteiger partial charge in [-0.1, -0.05) is 85.8 Å². The highest BCUT2D eigenvalue weighted by molar-refractivity contribution is 6.27. The van der Waals surface area contributed by atoms with Crippen molar-refractivity contribution in [3.63, 3.8) is 0 Å². The van der Waals surface area contributed by atoms with Crippen molar-refractivity contribution in [1.82, 2.24) is 35.1 Å². The van der Waals surface area contributed by atoms with Gasteiger partial charge in [-0.3, -0.25) is 9.59 Å². The molecule has 5 aromatic rings. The molecule has 0 spiro atoms. The number of ketones is 1. The van der Waals surface area contributed by atoms with Crippen molar-refractivity contribution in [2.45, 2.75) is 38.8 Å². The molecule has 2 aliphatic rings. The molecule has 10 heteroatoms. The molecule has 2 aliphatic heterocycles. The predicted octanol–water partition coefficient (Wildman–Crippen LogP) is 4.87. The van der Waals surface area contributed by atoms with Crippen LogP contribution in [0, 0.1) is 0 Å². The average Bonchev–Trinajstić information content (AvgIpc) is 3.76. The van der Waals surface area contributed by atoms with Crippen LogP contribution in [0.1, 0.15) is 52.5 Å².